The first kappa shape index (κ1) is 13.0. The van der Waals surface area contributed by atoms with E-state index in [1.165, 1.54) is 0 Å². The predicted octanol–water partition coefficient (Wildman–Crippen LogP) is 1.16. The van der Waals surface area contributed by atoms with E-state index in [9.17, 15) is 5.11 Å². The zero-order valence-corrected chi connectivity index (χ0v) is 11.2. The number of rotatable bonds is 4. The minimum absolute atomic E-state index is 0.215. The third-order valence-electron chi connectivity index (χ3n) is 3.52. The van der Waals surface area contributed by atoms with E-state index in [2.05, 4.69) is 23.7 Å². The highest BCUT2D eigenvalue weighted by Crippen LogP contribution is 2.24. The fourth-order valence-electron chi connectivity index (χ4n) is 2.13. The maximum atomic E-state index is 10.4. The van der Waals surface area contributed by atoms with Gasteiger partial charge in [-0.3, -0.25) is 9.88 Å². The fourth-order valence-corrected chi connectivity index (χ4v) is 2.77. The molecule has 0 aromatic carbocycles. The first-order chi connectivity index (χ1) is 8.10. The highest BCUT2D eigenvalue weighted by molar-refractivity contribution is 7.09. The summed E-state index contributed by atoms with van der Waals surface area (Å²) >= 11 is 1.60. The van der Waals surface area contributed by atoms with Gasteiger partial charge in [0.05, 0.1) is 24.8 Å². The second-order valence-electron chi connectivity index (χ2n) is 4.94. The molecule has 1 aromatic rings. The first-order valence-electron chi connectivity index (χ1n) is 5.99. The number of hydrogen-bond acceptors (Lipinski definition) is 5. The summed E-state index contributed by atoms with van der Waals surface area (Å²) < 4.78 is 5.35. The van der Waals surface area contributed by atoms with Gasteiger partial charge in [0.2, 0.25) is 0 Å². The minimum atomic E-state index is -0.374. The van der Waals surface area contributed by atoms with Crippen molar-refractivity contribution in [3.8, 4) is 0 Å². The molecule has 0 aliphatic carbocycles. The fraction of sp³-hybridized carbons (Fsp3) is 0.750. The molecule has 1 N–H and O–H groups in total. The Balaban J connectivity index is 1.98. The summed E-state index contributed by atoms with van der Waals surface area (Å²) in [6, 6.07) is 0. The third kappa shape index (κ3) is 3.04. The Kier molecular flexibility index (Phi) is 4.14. The molecule has 1 unspecified atom stereocenters. The minimum Gasteiger partial charge on any atom is -0.391 e. The monoisotopic (exact) mass is 256 g/mol. The van der Waals surface area contributed by atoms with Crippen LogP contribution in [-0.2, 0) is 11.2 Å². The van der Waals surface area contributed by atoms with Crippen LogP contribution in [0.1, 0.15) is 18.7 Å². The van der Waals surface area contributed by atoms with E-state index >= 15 is 0 Å². The number of aromatic nitrogens is 1. The van der Waals surface area contributed by atoms with Crippen LogP contribution in [0.15, 0.2) is 11.7 Å². The Bertz CT molecular complexity index is 334. The number of aliphatic hydroxyl groups excluding tert-OH is 1. The summed E-state index contributed by atoms with van der Waals surface area (Å²) in [5.74, 6) is 0. The number of morpholine rings is 1. The van der Waals surface area contributed by atoms with Gasteiger partial charge in [-0.15, -0.1) is 11.3 Å². The second-order valence-corrected chi connectivity index (χ2v) is 5.91. The summed E-state index contributed by atoms with van der Waals surface area (Å²) in [6.45, 7) is 7.51. The van der Waals surface area contributed by atoms with Crippen molar-refractivity contribution in [1.29, 1.82) is 0 Å². The van der Waals surface area contributed by atoms with Crippen molar-refractivity contribution in [2.45, 2.75) is 31.9 Å². The Morgan fingerprint density at radius 1 is 1.53 bits per heavy atom. The molecule has 2 rings (SSSR count). The van der Waals surface area contributed by atoms with Crippen LogP contribution in [0, 0.1) is 0 Å². The maximum absolute atomic E-state index is 10.4. The van der Waals surface area contributed by atoms with E-state index in [0.29, 0.717) is 6.42 Å². The Labute approximate surface area is 106 Å². The van der Waals surface area contributed by atoms with Crippen LogP contribution in [0.4, 0.5) is 0 Å². The van der Waals surface area contributed by atoms with Crippen LogP contribution < -0.4 is 0 Å². The molecule has 0 amide bonds. The van der Waals surface area contributed by atoms with Gasteiger partial charge < -0.3 is 9.84 Å². The molecule has 17 heavy (non-hydrogen) atoms. The summed E-state index contributed by atoms with van der Waals surface area (Å²) in [5.41, 5.74) is 1.59. The van der Waals surface area contributed by atoms with E-state index in [-0.39, 0.29) is 11.6 Å². The van der Waals surface area contributed by atoms with Crippen molar-refractivity contribution in [2.24, 2.45) is 0 Å². The van der Waals surface area contributed by atoms with Crippen LogP contribution in [0.2, 0.25) is 0 Å². The lowest BCUT2D eigenvalue weighted by atomic mass is 9.91. The topological polar surface area (TPSA) is 45.6 Å². The number of ether oxygens (including phenoxy) is 1. The van der Waals surface area contributed by atoms with Crippen LogP contribution in [-0.4, -0.2) is 52.9 Å². The first-order valence-corrected chi connectivity index (χ1v) is 6.87. The van der Waals surface area contributed by atoms with Crippen molar-refractivity contribution in [3.63, 3.8) is 0 Å². The third-order valence-corrected chi connectivity index (χ3v) is 4.32. The average Bonchev–Trinajstić information content (AvgIpc) is 2.83. The van der Waals surface area contributed by atoms with Crippen LogP contribution in [0.3, 0.4) is 0 Å². The number of nitrogens with zero attached hydrogens (tertiary/aromatic N) is 2. The molecule has 1 aliphatic heterocycles. The standard InChI is InChI=1S/C12H20N2O2S/c1-12(2,14-3-5-16-6-4-14)11(15)7-10-8-13-9-17-10/h8-9,11,15H,3-7H2,1-2H3. The molecule has 0 radical (unpaired) electrons. The molecule has 1 atom stereocenters. The zero-order valence-electron chi connectivity index (χ0n) is 10.4. The van der Waals surface area contributed by atoms with Crippen molar-refractivity contribution < 1.29 is 9.84 Å². The van der Waals surface area contributed by atoms with Gasteiger partial charge in [0.25, 0.3) is 0 Å². The Hall–Kier alpha value is -0.490. The summed E-state index contributed by atoms with van der Waals surface area (Å²) in [5, 5.41) is 10.4. The molecule has 1 saturated heterocycles. The molecular weight excluding hydrogens is 236 g/mol. The molecule has 1 aromatic heterocycles. The lowest BCUT2D eigenvalue weighted by molar-refractivity contribution is -0.0610. The highest BCUT2D eigenvalue weighted by Gasteiger charge is 2.35. The van der Waals surface area contributed by atoms with E-state index < -0.39 is 0 Å². The van der Waals surface area contributed by atoms with E-state index in [1.54, 1.807) is 11.3 Å². The molecular formula is C12H20N2O2S. The van der Waals surface area contributed by atoms with Gasteiger partial charge in [-0.25, -0.2) is 0 Å². The predicted molar refractivity (Wildman–Crippen MR) is 68.3 cm³/mol. The lowest BCUT2D eigenvalue weighted by Gasteiger charge is -2.43. The molecule has 2 heterocycles. The largest absolute Gasteiger partial charge is 0.391 e. The van der Waals surface area contributed by atoms with Crippen molar-refractivity contribution in [2.75, 3.05) is 26.3 Å². The van der Waals surface area contributed by atoms with Gasteiger partial charge in [-0.2, -0.15) is 0 Å². The van der Waals surface area contributed by atoms with Crippen molar-refractivity contribution in [1.82, 2.24) is 9.88 Å². The van der Waals surface area contributed by atoms with Crippen LogP contribution in [0.5, 0.6) is 0 Å². The van der Waals surface area contributed by atoms with Crippen molar-refractivity contribution in [3.05, 3.63) is 16.6 Å². The van der Waals surface area contributed by atoms with Gasteiger partial charge in [0, 0.05) is 36.1 Å². The van der Waals surface area contributed by atoms with Crippen LogP contribution >= 0.6 is 11.3 Å². The molecule has 0 bridgehead atoms. The Morgan fingerprint density at radius 3 is 2.82 bits per heavy atom. The SMILES string of the molecule is CC(C)(C(O)Cc1cncs1)N1CCOCC1. The molecule has 1 fully saturated rings. The molecule has 1 aliphatic rings. The van der Waals surface area contributed by atoms with E-state index in [4.69, 9.17) is 4.74 Å². The maximum Gasteiger partial charge on any atom is 0.0794 e. The van der Waals surface area contributed by atoms with E-state index in [1.807, 2.05) is 11.7 Å². The van der Waals surface area contributed by atoms with Gasteiger partial charge in [0.1, 0.15) is 0 Å². The second kappa shape index (κ2) is 5.44. The Morgan fingerprint density at radius 2 is 2.24 bits per heavy atom. The summed E-state index contributed by atoms with van der Waals surface area (Å²) in [4.78, 5) is 7.49. The molecule has 0 spiro atoms. The number of hydrogen-bond donors (Lipinski definition) is 1. The smallest absolute Gasteiger partial charge is 0.0794 e. The summed E-state index contributed by atoms with van der Waals surface area (Å²) in [6.07, 6.45) is 2.14. The average molecular weight is 256 g/mol. The van der Waals surface area contributed by atoms with E-state index in [0.717, 1.165) is 31.2 Å². The number of aliphatic hydroxyl groups is 1. The molecule has 4 nitrogen and oxygen atoms in total. The molecule has 5 heteroatoms. The molecule has 0 saturated carbocycles. The zero-order chi connectivity index (χ0) is 12.3. The molecule has 96 valence electrons. The van der Waals surface area contributed by atoms with Crippen LogP contribution in [0.25, 0.3) is 0 Å². The van der Waals surface area contributed by atoms with Crippen molar-refractivity contribution >= 4 is 11.3 Å². The number of thiazole rings is 1. The van der Waals surface area contributed by atoms with Gasteiger partial charge in [0.15, 0.2) is 0 Å². The van der Waals surface area contributed by atoms with Gasteiger partial charge in [-0.05, 0) is 13.8 Å². The lowest BCUT2D eigenvalue weighted by Crippen LogP contribution is -2.56. The van der Waals surface area contributed by atoms with Gasteiger partial charge in [-0.1, -0.05) is 0 Å². The quantitative estimate of drug-likeness (QED) is 0.878. The normalized spacial score (nSPS) is 20.4. The highest BCUT2D eigenvalue weighted by atomic mass is 32.1. The summed E-state index contributed by atoms with van der Waals surface area (Å²) in [7, 11) is 0. The van der Waals surface area contributed by atoms with Gasteiger partial charge >= 0.3 is 0 Å².